The molecule has 0 radical (unpaired) electrons. The van der Waals surface area contributed by atoms with E-state index in [9.17, 15) is 9.90 Å². The molecule has 1 saturated carbocycles. The van der Waals surface area contributed by atoms with Crippen molar-refractivity contribution in [2.24, 2.45) is 11.8 Å². The Morgan fingerprint density at radius 1 is 1.47 bits per heavy atom. The first-order chi connectivity index (χ1) is 9.15. The van der Waals surface area contributed by atoms with Crippen molar-refractivity contribution in [1.29, 1.82) is 0 Å². The highest BCUT2D eigenvalue weighted by Crippen LogP contribution is 2.38. The van der Waals surface area contributed by atoms with Crippen molar-refractivity contribution in [3.05, 3.63) is 47.0 Å². The Balaban J connectivity index is 2.00. The average Bonchev–Trinajstić information content (AvgIpc) is 2.37. The number of ether oxygens (including phenoxy) is 1. The smallest absolute Gasteiger partial charge is 0.338 e. The van der Waals surface area contributed by atoms with Crippen LogP contribution in [0.25, 0.3) is 0 Å². The van der Waals surface area contributed by atoms with Gasteiger partial charge >= 0.3 is 5.97 Å². The van der Waals surface area contributed by atoms with Crippen LogP contribution in [-0.4, -0.2) is 23.8 Å². The maximum Gasteiger partial charge on any atom is 0.338 e. The second kappa shape index (κ2) is 6.35. The molecule has 1 aliphatic rings. The van der Waals surface area contributed by atoms with Crippen LogP contribution in [0, 0.1) is 11.8 Å². The first-order valence-corrected chi connectivity index (χ1v) is 7.15. The van der Waals surface area contributed by atoms with E-state index in [1.165, 1.54) is 0 Å². The van der Waals surface area contributed by atoms with E-state index < -0.39 is 0 Å². The van der Waals surface area contributed by atoms with Gasteiger partial charge in [0.25, 0.3) is 0 Å². The van der Waals surface area contributed by atoms with E-state index in [4.69, 9.17) is 4.74 Å². The lowest BCUT2D eigenvalue weighted by Gasteiger charge is -2.39. The highest BCUT2D eigenvalue weighted by molar-refractivity contribution is 9.10. The van der Waals surface area contributed by atoms with Gasteiger partial charge in [-0.05, 0) is 43.0 Å². The van der Waals surface area contributed by atoms with E-state index in [0.717, 1.165) is 17.3 Å². The summed E-state index contributed by atoms with van der Waals surface area (Å²) in [5, 5.41) is 9.20. The zero-order valence-corrected chi connectivity index (χ0v) is 12.2. The fourth-order valence-corrected chi connectivity index (χ4v) is 2.61. The molecule has 1 N–H and O–H groups in total. The van der Waals surface area contributed by atoms with Crippen LogP contribution in [-0.2, 0) is 4.74 Å². The fraction of sp³-hybridized carbons (Fsp3) is 0.400. The van der Waals surface area contributed by atoms with Gasteiger partial charge in [-0.15, -0.1) is 0 Å². The van der Waals surface area contributed by atoms with Gasteiger partial charge in [0, 0.05) is 17.0 Å². The molecule has 3 unspecified atom stereocenters. The molecule has 0 aliphatic heterocycles. The standard InChI is InChI=1S/C15H17BrO3/c1-2-14(13-8-5-11(13)9-17)19-15(18)10-3-6-12(16)7-4-10/h2-4,6-7,11,13-14,17H,1,5,8-9H2. The topological polar surface area (TPSA) is 46.5 Å². The molecule has 0 spiro atoms. The molecular weight excluding hydrogens is 308 g/mol. The SMILES string of the molecule is C=CC(OC(=O)c1ccc(Br)cc1)C1CCC1CO. The lowest BCUT2D eigenvalue weighted by atomic mass is 9.71. The second-order valence-corrected chi connectivity index (χ2v) is 5.71. The van der Waals surface area contributed by atoms with E-state index in [0.29, 0.717) is 5.56 Å². The fourth-order valence-electron chi connectivity index (χ4n) is 2.34. The van der Waals surface area contributed by atoms with Crippen LogP contribution in [0.15, 0.2) is 41.4 Å². The number of carbonyl (C=O) groups is 1. The number of hydrogen-bond acceptors (Lipinski definition) is 3. The molecule has 0 amide bonds. The third-order valence-corrected chi connectivity index (χ3v) is 4.22. The van der Waals surface area contributed by atoms with Crippen LogP contribution in [0.3, 0.4) is 0 Å². The molecule has 1 aromatic carbocycles. The third-order valence-electron chi connectivity index (χ3n) is 3.69. The molecule has 3 nitrogen and oxygen atoms in total. The van der Waals surface area contributed by atoms with Gasteiger partial charge in [-0.3, -0.25) is 0 Å². The zero-order valence-electron chi connectivity index (χ0n) is 10.6. The van der Waals surface area contributed by atoms with Crippen LogP contribution >= 0.6 is 15.9 Å². The molecule has 19 heavy (non-hydrogen) atoms. The lowest BCUT2D eigenvalue weighted by Crippen LogP contribution is -2.39. The predicted octanol–water partition coefficient (Wildman–Crippen LogP) is 3.18. The minimum absolute atomic E-state index is 0.144. The van der Waals surface area contributed by atoms with Gasteiger partial charge in [-0.1, -0.05) is 28.6 Å². The van der Waals surface area contributed by atoms with Crippen LogP contribution in [0.4, 0.5) is 0 Å². The summed E-state index contributed by atoms with van der Waals surface area (Å²) >= 11 is 3.32. The summed E-state index contributed by atoms with van der Waals surface area (Å²) in [5.41, 5.74) is 0.523. The van der Waals surface area contributed by atoms with Crippen molar-refractivity contribution in [2.45, 2.75) is 18.9 Å². The molecule has 1 aliphatic carbocycles. The van der Waals surface area contributed by atoms with Gasteiger partial charge in [-0.2, -0.15) is 0 Å². The molecule has 0 bridgehead atoms. The summed E-state index contributed by atoms with van der Waals surface area (Å²) < 4.78 is 6.40. The molecule has 1 aromatic rings. The van der Waals surface area contributed by atoms with E-state index in [1.54, 1.807) is 30.3 Å². The van der Waals surface area contributed by atoms with Crippen LogP contribution in [0.2, 0.25) is 0 Å². The number of aliphatic hydroxyl groups is 1. The molecule has 4 heteroatoms. The van der Waals surface area contributed by atoms with Crippen molar-refractivity contribution in [1.82, 2.24) is 0 Å². The lowest BCUT2D eigenvalue weighted by molar-refractivity contribution is -0.0172. The highest BCUT2D eigenvalue weighted by Gasteiger charge is 2.37. The number of benzene rings is 1. The number of carbonyl (C=O) groups excluding carboxylic acids is 1. The van der Waals surface area contributed by atoms with Crippen molar-refractivity contribution >= 4 is 21.9 Å². The molecule has 2 rings (SSSR count). The van der Waals surface area contributed by atoms with Crippen molar-refractivity contribution in [3.63, 3.8) is 0 Å². The first kappa shape index (κ1) is 14.3. The number of aliphatic hydroxyl groups excluding tert-OH is 1. The normalized spacial score (nSPS) is 23.3. The maximum atomic E-state index is 12.0. The Labute approximate surface area is 121 Å². The molecule has 0 saturated heterocycles. The molecule has 0 heterocycles. The first-order valence-electron chi connectivity index (χ1n) is 6.35. The summed E-state index contributed by atoms with van der Waals surface area (Å²) in [7, 11) is 0. The summed E-state index contributed by atoms with van der Waals surface area (Å²) in [6, 6.07) is 7.05. The second-order valence-electron chi connectivity index (χ2n) is 4.80. The summed E-state index contributed by atoms with van der Waals surface area (Å²) in [6.07, 6.45) is 3.29. The van der Waals surface area contributed by atoms with E-state index >= 15 is 0 Å². The van der Waals surface area contributed by atoms with Crippen molar-refractivity contribution in [2.75, 3.05) is 6.61 Å². The van der Waals surface area contributed by atoms with E-state index in [2.05, 4.69) is 22.5 Å². The molecule has 1 fully saturated rings. The minimum atomic E-state index is -0.346. The third kappa shape index (κ3) is 3.25. The van der Waals surface area contributed by atoms with E-state index in [1.807, 2.05) is 0 Å². The summed E-state index contributed by atoms with van der Waals surface area (Å²) in [5.74, 6) is 0.0728. The molecule has 0 aromatic heterocycles. The minimum Gasteiger partial charge on any atom is -0.454 e. The molecule has 102 valence electrons. The average molecular weight is 325 g/mol. The Hall–Kier alpha value is -1.13. The number of halogens is 1. The van der Waals surface area contributed by atoms with Gasteiger partial charge in [0.2, 0.25) is 0 Å². The Morgan fingerprint density at radius 2 is 2.16 bits per heavy atom. The van der Waals surface area contributed by atoms with Crippen LogP contribution in [0.1, 0.15) is 23.2 Å². The quantitative estimate of drug-likeness (QED) is 0.668. The zero-order chi connectivity index (χ0) is 13.8. The van der Waals surface area contributed by atoms with Gasteiger partial charge < -0.3 is 9.84 Å². The summed E-state index contributed by atoms with van der Waals surface area (Å²) in [6.45, 7) is 3.87. The summed E-state index contributed by atoms with van der Waals surface area (Å²) in [4.78, 5) is 12.0. The van der Waals surface area contributed by atoms with Gasteiger partial charge in [0.15, 0.2) is 0 Å². The van der Waals surface area contributed by atoms with Gasteiger partial charge in [0.05, 0.1) is 5.56 Å². The number of esters is 1. The Bertz CT molecular complexity index is 453. The van der Waals surface area contributed by atoms with Gasteiger partial charge in [0.1, 0.15) is 6.10 Å². The maximum absolute atomic E-state index is 12.0. The van der Waals surface area contributed by atoms with Gasteiger partial charge in [-0.25, -0.2) is 4.79 Å². The largest absolute Gasteiger partial charge is 0.454 e. The van der Waals surface area contributed by atoms with E-state index in [-0.39, 0.29) is 30.5 Å². The number of rotatable bonds is 5. The monoisotopic (exact) mass is 324 g/mol. The van der Waals surface area contributed by atoms with Crippen LogP contribution in [0.5, 0.6) is 0 Å². The predicted molar refractivity (Wildman–Crippen MR) is 76.8 cm³/mol. The van der Waals surface area contributed by atoms with Crippen molar-refractivity contribution < 1.29 is 14.6 Å². The Morgan fingerprint density at radius 3 is 2.63 bits per heavy atom. The molecule has 3 atom stereocenters. The van der Waals surface area contributed by atoms with Crippen LogP contribution < -0.4 is 0 Å². The number of hydrogen-bond donors (Lipinski definition) is 1. The highest BCUT2D eigenvalue weighted by atomic mass is 79.9. The molecular formula is C15H17BrO3. The van der Waals surface area contributed by atoms with Crippen molar-refractivity contribution in [3.8, 4) is 0 Å². The Kier molecular flexibility index (Phi) is 4.77.